The smallest absolute Gasteiger partial charge is 0.175 e. The summed E-state index contributed by atoms with van der Waals surface area (Å²) >= 11 is 3.52. The first kappa shape index (κ1) is 124. The maximum absolute atomic E-state index is 10.8. The summed E-state index contributed by atoms with van der Waals surface area (Å²) in [7, 11) is -2.20. The van der Waals surface area contributed by atoms with Crippen molar-refractivity contribution >= 4 is 76.4 Å². The van der Waals surface area contributed by atoms with Gasteiger partial charge in [-0.2, -0.15) is 11.8 Å². The average molecular weight is 1570 g/mol. The molecule has 6 aromatic rings. The molecule has 3 radical (unpaired) electrons. The van der Waals surface area contributed by atoms with Gasteiger partial charge in [0.2, 0.25) is 0 Å². The molecule has 21 heteroatoms. The second-order valence-electron chi connectivity index (χ2n) is 15.6. The summed E-state index contributed by atoms with van der Waals surface area (Å²) in [5.41, 5.74) is 1.75. The number of hydrogen-bond acceptors (Lipinski definition) is 14. The van der Waals surface area contributed by atoms with E-state index in [2.05, 4.69) is 23.1 Å². The molecule has 0 heterocycles. The van der Waals surface area contributed by atoms with Crippen LogP contribution in [0.15, 0.2) is 197 Å². The Morgan fingerprint density at radius 1 is 0.500 bits per heavy atom. The van der Waals surface area contributed by atoms with Gasteiger partial charge in [-0.15, -0.1) is 11.8 Å². The van der Waals surface area contributed by atoms with Crippen LogP contribution < -0.4 is 4.74 Å². The van der Waals surface area contributed by atoms with Gasteiger partial charge >= 0.3 is 0 Å². The van der Waals surface area contributed by atoms with E-state index in [-0.39, 0.29) is 144 Å². The maximum Gasteiger partial charge on any atom is 0.175 e. The molecule has 0 saturated carbocycles. The predicted molar refractivity (Wildman–Crippen MR) is 383 cm³/mol. The number of carbonyl (C=O) groups excluding carboxylic acids is 2. The Hall–Kier alpha value is -1.45. The summed E-state index contributed by atoms with van der Waals surface area (Å²) in [6, 6.07) is 56.6. The van der Waals surface area contributed by atoms with Crippen molar-refractivity contribution in [1.29, 1.82) is 0 Å². The summed E-state index contributed by atoms with van der Waals surface area (Å²) in [6.07, 6.45) is 14.1. The maximum atomic E-state index is 10.8. The predicted octanol–water partition coefficient (Wildman–Crippen LogP) is 16.5. The third kappa shape index (κ3) is 126. The fourth-order valence-corrected chi connectivity index (χ4v) is 5.42. The number of rotatable bonds is 6. The average Bonchev–Trinajstić information content (AvgIpc) is 3.44. The molecule has 0 aliphatic rings. The largest absolute Gasteiger partial charge is 0.497 e. The van der Waals surface area contributed by atoms with Gasteiger partial charge in [0.1, 0.15) is 21.4 Å². The van der Waals surface area contributed by atoms with Crippen molar-refractivity contribution in [2.75, 3.05) is 77.6 Å². The van der Waals surface area contributed by atoms with Gasteiger partial charge in [0.05, 0.1) is 18.1 Å². The van der Waals surface area contributed by atoms with Gasteiger partial charge in [0.25, 0.3) is 0 Å². The van der Waals surface area contributed by atoms with Crippen LogP contribution in [-0.2, 0) is 149 Å². The van der Waals surface area contributed by atoms with Crippen LogP contribution in [0.2, 0.25) is 0 Å². The number of methoxy groups -OCH3 is 2. The first-order valence-electron chi connectivity index (χ1n) is 25.9. The quantitative estimate of drug-likeness (QED) is 0.0908. The Labute approximate surface area is 630 Å². The molecule has 2 N–H and O–H groups in total. The van der Waals surface area contributed by atoms with E-state index in [4.69, 9.17) is 14.9 Å². The molecule has 0 amide bonds. The monoisotopic (exact) mass is 1570 g/mol. The molecule has 0 spiro atoms. The number of carbonyl (C=O) groups is 2. The Bertz CT molecular complexity index is 2370. The van der Waals surface area contributed by atoms with Crippen molar-refractivity contribution in [3.8, 4) is 5.75 Å². The first-order valence-corrected chi connectivity index (χ1v) is 36.4. The number of benzene rings is 6. The van der Waals surface area contributed by atoms with Crippen molar-refractivity contribution < 1.29 is 153 Å². The SMILES string of the molecule is CC.CC.CC.CC(=O)c1ccccc1.CC(C)=O.CC(C)O.CC(O)c1ccccc1.COC.COc1ccccc1.CS(=O)(=O)c1ccccc1.CS(=O)c1ccccc1.CS(C)(=O)=O.CS(C)=O.CSC.CSc1ccccc1.[CH3-].[CH3-].[CH3-].[Y].[Y].[Y]. The van der Waals surface area contributed by atoms with Crippen LogP contribution >= 0.6 is 23.5 Å². The fraction of sp³-hybridized carbons (Fsp3) is 0.388. The van der Waals surface area contributed by atoms with E-state index in [1.54, 1.807) is 122 Å². The van der Waals surface area contributed by atoms with E-state index in [0.29, 0.717) is 4.90 Å². The van der Waals surface area contributed by atoms with Crippen LogP contribution in [0.5, 0.6) is 5.75 Å². The van der Waals surface area contributed by atoms with Gasteiger partial charge in [-0.1, -0.05) is 175 Å². The van der Waals surface area contributed by atoms with Gasteiger partial charge in [0.15, 0.2) is 15.6 Å². The topological polar surface area (TPSA) is 195 Å². The third-order valence-electron chi connectivity index (χ3n) is 6.67. The van der Waals surface area contributed by atoms with Gasteiger partial charge in [0, 0.05) is 193 Å². The molecule has 88 heavy (non-hydrogen) atoms. The molecule has 0 aliphatic carbocycles. The molecule has 0 saturated heterocycles. The minimum absolute atomic E-state index is 0. The van der Waals surface area contributed by atoms with Gasteiger partial charge < -0.3 is 46.8 Å². The third-order valence-corrected chi connectivity index (χ3v) is 9.47. The van der Waals surface area contributed by atoms with Crippen LogP contribution in [0.25, 0.3) is 0 Å². The van der Waals surface area contributed by atoms with Gasteiger partial charge in [-0.3, -0.25) is 13.2 Å². The van der Waals surface area contributed by atoms with Crippen LogP contribution in [0.4, 0.5) is 0 Å². The molecule has 503 valence electrons. The van der Waals surface area contributed by atoms with Crippen molar-refractivity contribution in [2.24, 2.45) is 0 Å². The van der Waals surface area contributed by atoms with Crippen LogP contribution in [0.3, 0.4) is 0 Å². The van der Waals surface area contributed by atoms with Crippen LogP contribution in [0, 0.1) is 22.3 Å². The van der Waals surface area contributed by atoms with E-state index in [0.717, 1.165) is 34.3 Å². The molecule has 0 fully saturated rings. The summed E-state index contributed by atoms with van der Waals surface area (Å²) < 4.78 is 70.4. The van der Waals surface area contributed by atoms with E-state index in [1.807, 2.05) is 194 Å². The number of ether oxygens (including phenoxy) is 2. The zero-order valence-corrected chi connectivity index (χ0v) is 72.0. The second-order valence-corrected chi connectivity index (χ2v) is 24.5. The van der Waals surface area contributed by atoms with E-state index in [9.17, 15) is 34.8 Å². The van der Waals surface area contributed by atoms with Crippen molar-refractivity contribution in [2.45, 2.75) is 110 Å². The molecular formula is C67H115O12S6Y3-3. The Kier molecular flexibility index (Phi) is 133. The molecule has 12 nitrogen and oxygen atoms in total. The van der Waals surface area contributed by atoms with Gasteiger partial charge in [-0.05, 0) is 114 Å². The standard InChI is InChI=1S/C8H10O.C8H8O.C7H8O2S.C7H8OS.C7H8O.C7H8S.C3H8O.C3H6O.C2H6O2S.C2H6OS.C2H6O.C2H6S.3C2H6.3CH3.3Y/c2*1-7(9)8-5-3-2-4-6-8;1-10(8,9)7-5-3-2-4-6-7;1-9(8)7-5-3-2-4-6-7;2*1-8-7-5-3-2-4-6-7;2*1-3(2)4;1-5(2,3)4;1-4(2)3;2*1-3-2;3*1-2;;;;;;/h2-7,9H,1H3;2-6H,1H3;2-6H,1H3;2-6H,1H3;2*2-6H,1H3;3-4H,1-2H3;1-2H3;1-2H3;1-2H3;2*1-2H3;3*1-2H3;3*1H3;;;/q;;;;;;;;;;;;;;;3*-1;;;. The number of hydrogen-bond donors (Lipinski definition) is 2. The van der Waals surface area contributed by atoms with Crippen molar-refractivity contribution in [3.05, 3.63) is 215 Å². The number of aliphatic hydroxyl groups is 2. The molecule has 0 aromatic heterocycles. The molecular weight excluding hydrogens is 1460 g/mol. The van der Waals surface area contributed by atoms with Crippen molar-refractivity contribution in [1.82, 2.24) is 0 Å². The van der Waals surface area contributed by atoms with E-state index in [1.165, 1.54) is 25.0 Å². The zero-order valence-electron chi connectivity index (χ0n) is 58.6. The number of aliphatic hydroxyl groups excluding tert-OH is 2. The first-order chi connectivity index (χ1) is 38.4. The summed E-state index contributed by atoms with van der Waals surface area (Å²) in [4.78, 5) is 22.7. The molecule has 6 aromatic carbocycles. The van der Waals surface area contributed by atoms with Crippen LogP contribution in [0.1, 0.15) is 105 Å². The minimum Gasteiger partial charge on any atom is -0.497 e. The number of ketones is 2. The van der Waals surface area contributed by atoms with E-state index < -0.39 is 41.3 Å². The summed E-state index contributed by atoms with van der Waals surface area (Å²) in [5, 5.41) is 17.1. The number of para-hydroxylation sites is 1. The van der Waals surface area contributed by atoms with Gasteiger partial charge in [-0.25, -0.2) is 16.8 Å². The molecule has 2 atom stereocenters. The fourth-order valence-electron chi connectivity index (χ4n) is 3.80. The molecule has 0 bridgehead atoms. The molecule has 0 aliphatic heterocycles. The molecule has 2 unspecified atom stereocenters. The summed E-state index contributed by atoms with van der Waals surface area (Å²) in [6.45, 7) is 21.8. The Balaban J connectivity index is -0.0000000509. The zero-order chi connectivity index (χ0) is 66.0. The number of Topliss-reactive ketones (excluding diaryl/α,β-unsaturated/α-hetero) is 2. The van der Waals surface area contributed by atoms with Crippen molar-refractivity contribution in [3.63, 3.8) is 0 Å². The second kappa shape index (κ2) is 94.3. The Morgan fingerprint density at radius 2 is 0.727 bits per heavy atom. The minimum atomic E-state index is -3.00. The summed E-state index contributed by atoms with van der Waals surface area (Å²) in [5.74, 6) is 1.20. The number of thioether (sulfide) groups is 2. The number of sulfone groups is 2. The normalized spacial score (nSPS) is 8.86. The van der Waals surface area contributed by atoms with Crippen LogP contribution in [-0.4, -0.2) is 131 Å². The van der Waals surface area contributed by atoms with E-state index >= 15 is 0 Å². The molecule has 6 rings (SSSR count). The Morgan fingerprint density at radius 3 is 0.875 bits per heavy atom.